The second-order valence-electron chi connectivity index (χ2n) is 6.28. The van der Waals surface area contributed by atoms with Crippen LogP contribution in [0.4, 0.5) is 4.79 Å². The van der Waals surface area contributed by atoms with Crippen molar-refractivity contribution in [1.29, 1.82) is 0 Å². The predicted molar refractivity (Wildman–Crippen MR) is 91.6 cm³/mol. The standard InChI is InChI=1S/C16H23ClN4O2/c1-5-21(9-16(3,4)23)15(22)18-10(2)14-19-12-7-6-11(17)8-13(12)20-14/h6-8,10,23H,5,9H2,1-4H3,(H,18,22)(H,19,20)/t10-/m0/s1. The van der Waals surface area contributed by atoms with Gasteiger partial charge < -0.3 is 20.3 Å². The van der Waals surface area contributed by atoms with Gasteiger partial charge in [-0.1, -0.05) is 11.6 Å². The van der Waals surface area contributed by atoms with E-state index in [-0.39, 0.29) is 18.6 Å². The summed E-state index contributed by atoms with van der Waals surface area (Å²) in [6, 6.07) is 4.89. The summed E-state index contributed by atoms with van der Waals surface area (Å²) < 4.78 is 0. The van der Waals surface area contributed by atoms with Crippen LogP contribution in [0.5, 0.6) is 0 Å². The number of imidazole rings is 1. The van der Waals surface area contributed by atoms with Crippen LogP contribution < -0.4 is 5.32 Å². The third kappa shape index (κ3) is 4.59. The lowest BCUT2D eigenvalue weighted by Gasteiger charge is -2.29. The molecular formula is C16H23ClN4O2. The minimum Gasteiger partial charge on any atom is -0.389 e. The summed E-state index contributed by atoms with van der Waals surface area (Å²) in [5.41, 5.74) is 0.693. The molecule has 1 aromatic carbocycles. The first-order valence-electron chi connectivity index (χ1n) is 7.62. The van der Waals surface area contributed by atoms with E-state index in [4.69, 9.17) is 11.6 Å². The second kappa shape index (κ2) is 6.76. The van der Waals surface area contributed by atoms with Gasteiger partial charge in [-0.25, -0.2) is 9.78 Å². The highest BCUT2D eigenvalue weighted by Gasteiger charge is 2.23. The summed E-state index contributed by atoms with van der Waals surface area (Å²) in [6.07, 6.45) is 0. The highest BCUT2D eigenvalue weighted by atomic mass is 35.5. The molecule has 6 nitrogen and oxygen atoms in total. The maximum absolute atomic E-state index is 12.3. The van der Waals surface area contributed by atoms with Gasteiger partial charge >= 0.3 is 6.03 Å². The third-order valence-corrected chi connectivity index (χ3v) is 3.69. The van der Waals surface area contributed by atoms with Crippen LogP contribution in [0.3, 0.4) is 0 Å². The fraction of sp³-hybridized carbons (Fsp3) is 0.500. The third-order valence-electron chi connectivity index (χ3n) is 3.46. The number of aromatic nitrogens is 2. The van der Waals surface area contributed by atoms with Crippen molar-refractivity contribution in [3.63, 3.8) is 0 Å². The van der Waals surface area contributed by atoms with Crippen LogP contribution in [0.1, 0.15) is 39.6 Å². The molecule has 0 radical (unpaired) electrons. The Bertz CT molecular complexity index is 693. The van der Waals surface area contributed by atoms with E-state index in [0.717, 1.165) is 11.0 Å². The number of nitrogens with zero attached hydrogens (tertiary/aromatic N) is 2. The molecule has 0 saturated carbocycles. The van der Waals surface area contributed by atoms with Crippen molar-refractivity contribution in [3.8, 4) is 0 Å². The van der Waals surface area contributed by atoms with Crippen molar-refractivity contribution in [2.24, 2.45) is 0 Å². The number of carbonyl (C=O) groups excluding carboxylic acids is 1. The Morgan fingerprint density at radius 1 is 1.52 bits per heavy atom. The number of rotatable bonds is 5. The molecule has 0 aliphatic heterocycles. The zero-order valence-corrected chi connectivity index (χ0v) is 14.6. The zero-order chi connectivity index (χ0) is 17.2. The van der Waals surface area contributed by atoms with Crippen LogP contribution in [-0.4, -0.2) is 44.7 Å². The summed E-state index contributed by atoms with van der Waals surface area (Å²) in [6.45, 7) is 7.86. The van der Waals surface area contributed by atoms with E-state index < -0.39 is 5.60 Å². The van der Waals surface area contributed by atoms with Gasteiger partial charge in [-0.05, 0) is 45.9 Å². The number of aliphatic hydroxyl groups is 1. The first kappa shape index (κ1) is 17.6. The molecule has 23 heavy (non-hydrogen) atoms. The molecule has 2 aromatic rings. The summed E-state index contributed by atoms with van der Waals surface area (Å²) in [5, 5.41) is 13.4. The van der Waals surface area contributed by atoms with Gasteiger partial charge in [-0.2, -0.15) is 0 Å². The van der Waals surface area contributed by atoms with Gasteiger partial charge in [0.05, 0.1) is 29.2 Å². The first-order valence-corrected chi connectivity index (χ1v) is 8.00. The van der Waals surface area contributed by atoms with Crippen LogP contribution in [0.25, 0.3) is 11.0 Å². The van der Waals surface area contributed by atoms with Gasteiger partial charge in [0.1, 0.15) is 5.82 Å². The average Bonchev–Trinajstić information content (AvgIpc) is 2.86. The number of H-pyrrole nitrogens is 1. The fourth-order valence-corrected chi connectivity index (χ4v) is 2.52. The van der Waals surface area contributed by atoms with Crippen LogP contribution in [0, 0.1) is 0 Å². The van der Waals surface area contributed by atoms with E-state index in [0.29, 0.717) is 17.4 Å². The molecule has 1 aromatic heterocycles. The lowest BCUT2D eigenvalue weighted by molar-refractivity contribution is 0.0476. The maximum Gasteiger partial charge on any atom is 0.318 e. The lowest BCUT2D eigenvalue weighted by atomic mass is 10.1. The zero-order valence-electron chi connectivity index (χ0n) is 13.9. The summed E-state index contributed by atoms with van der Waals surface area (Å²) in [5.74, 6) is 0.662. The number of hydrogen-bond donors (Lipinski definition) is 3. The van der Waals surface area contributed by atoms with Gasteiger partial charge in [0.15, 0.2) is 0 Å². The molecule has 1 atom stereocenters. The van der Waals surface area contributed by atoms with Crippen molar-refractivity contribution in [1.82, 2.24) is 20.2 Å². The largest absolute Gasteiger partial charge is 0.389 e. The molecule has 7 heteroatoms. The van der Waals surface area contributed by atoms with Crippen molar-refractivity contribution >= 4 is 28.7 Å². The Hall–Kier alpha value is -1.79. The molecule has 0 aliphatic rings. The van der Waals surface area contributed by atoms with Crippen LogP contribution in [0.2, 0.25) is 5.02 Å². The Morgan fingerprint density at radius 3 is 2.83 bits per heavy atom. The van der Waals surface area contributed by atoms with Crippen molar-refractivity contribution < 1.29 is 9.90 Å². The molecule has 2 rings (SSSR count). The van der Waals surface area contributed by atoms with Crippen molar-refractivity contribution in [3.05, 3.63) is 29.0 Å². The molecule has 0 aliphatic carbocycles. The van der Waals surface area contributed by atoms with Crippen molar-refractivity contribution in [2.45, 2.75) is 39.3 Å². The van der Waals surface area contributed by atoms with E-state index in [9.17, 15) is 9.90 Å². The highest BCUT2D eigenvalue weighted by molar-refractivity contribution is 6.31. The first-order chi connectivity index (χ1) is 10.7. The minimum absolute atomic E-state index is 0.236. The monoisotopic (exact) mass is 338 g/mol. The molecule has 0 bridgehead atoms. The molecule has 0 unspecified atom stereocenters. The SMILES string of the molecule is CCN(CC(C)(C)O)C(=O)N[C@@H](C)c1nc2ccc(Cl)cc2[nH]1. The molecule has 0 spiro atoms. The normalized spacial score (nSPS) is 13.1. The quantitative estimate of drug-likeness (QED) is 0.783. The number of amides is 2. The molecule has 0 fully saturated rings. The average molecular weight is 339 g/mol. The van der Waals surface area contributed by atoms with E-state index in [2.05, 4.69) is 15.3 Å². The van der Waals surface area contributed by atoms with Crippen LogP contribution >= 0.6 is 11.6 Å². The molecular weight excluding hydrogens is 316 g/mol. The predicted octanol–water partition coefficient (Wildman–Crippen LogP) is 3.08. The number of urea groups is 1. The summed E-state index contributed by atoms with van der Waals surface area (Å²) >= 11 is 5.97. The molecule has 126 valence electrons. The lowest BCUT2D eigenvalue weighted by Crippen LogP contribution is -2.47. The molecule has 2 amide bonds. The number of likely N-dealkylation sites (N-methyl/N-ethyl adjacent to an activating group) is 1. The second-order valence-corrected chi connectivity index (χ2v) is 6.72. The fourth-order valence-electron chi connectivity index (χ4n) is 2.35. The number of nitrogens with one attached hydrogen (secondary N) is 2. The number of hydrogen-bond acceptors (Lipinski definition) is 3. The Balaban J connectivity index is 2.09. The van der Waals surface area contributed by atoms with E-state index >= 15 is 0 Å². The van der Waals surface area contributed by atoms with Gasteiger partial charge in [0.25, 0.3) is 0 Å². The number of fused-ring (bicyclic) bond motifs is 1. The topological polar surface area (TPSA) is 81.2 Å². The van der Waals surface area contributed by atoms with Gasteiger partial charge in [-0.3, -0.25) is 0 Å². The van der Waals surface area contributed by atoms with Gasteiger partial charge in [-0.15, -0.1) is 0 Å². The van der Waals surface area contributed by atoms with E-state index in [1.807, 2.05) is 19.9 Å². The number of halogens is 1. The Labute approximate surface area is 140 Å². The smallest absolute Gasteiger partial charge is 0.318 e. The summed E-state index contributed by atoms with van der Waals surface area (Å²) in [7, 11) is 0. The maximum atomic E-state index is 12.3. The van der Waals surface area contributed by atoms with Crippen LogP contribution in [0.15, 0.2) is 18.2 Å². The van der Waals surface area contributed by atoms with Gasteiger partial charge in [0, 0.05) is 11.6 Å². The molecule has 3 N–H and O–H groups in total. The molecule has 0 saturated heterocycles. The number of aromatic amines is 1. The van der Waals surface area contributed by atoms with E-state index in [1.54, 1.807) is 30.9 Å². The Kier molecular flexibility index (Phi) is 5.16. The van der Waals surface area contributed by atoms with Crippen LogP contribution in [-0.2, 0) is 0 Å². The molecule has 1 heterocycles. The number of carbonyl (C=O) groups is 1. The summed E-state index contributed by atoms with van der Waals surface area (Å²) in [4.78, 5) is 21.5. The van der Waals surface area contributed by atoms with Gasteiger partial charge in [0.2, 0.25) is 0 Å². The minimum atomic E-state index is -0.938. The Morgan fingerprint density at radius 2 is 2.22 bits per heavy atom. The number of benzene rings is 1. The van der Waals surface area contributed by atoms with Crippen molar-refractivity contribution in [2.75, 3.05) is 13.1 Å². The van der Waals surface area contributed by atoms with E-state index in [1.165, 1.54) is 0 Å². The highest BCUT2D eigenvalue weighted by Crippen LogP contribution is 2.20.